The Balaban J connectivity index is 2.35. The molecule has 0 bridgehead atoms. The monoisotopic (exact) mass is 238 g/mol. The molecule has 0 aliphatic rings. The number of aryl methyl sites for hydroxylation is 2. The molecule has 0 aliphatic heterocycles. The average Bonchev–Trinajstić information content (AvgIpc) is 2.80. The Morgan fingerprint density at radius 3 is 2.73 bits per heavy atom. The SMILES string of the molecule is Cc1nc(C(CN)c2cccs2)sc1C. The third-order valence-corrected chi connectivity index (χ3v) is 4.64. The lowest BCUT2D eigenvalue weighted by Crippen LogP contribution is -2.12. The minimum absolute atomic E-state index is 0.280. The minimum Gasteiger partial charge on any atom is -0.329 e. The van der Waals surface area contributed by atoms with Crippen LogP contribution in [0.3, 0.4) is 0 Å². The summed E-state index contributed by atoms with van der Waals surface area (Å²) < 4.78 is 0. The Labute approximate surface area is 97.8 Å². The van der Waals surface area contributed by atoms with Crippen LogP contribution in [0.1, 0.15) is 26.4 Å². The number of thiophene rings is 1. The van der Waals surface area contributed by atoms with E-state index in [4.69, 9.17) is 5.73 Å². The van der Waals surface area contributed by atoms with E-state index in [1.165, 1.54) is 9.75 Å². The van der Waals surface area contributed by atoms with Gasteiger partial charge in [0.1, 0.15) is 5.01 Å². The van der Waals surface area contributed by atoms with Gasteiger partial charge in [0.15, 0.2) is 0 Å². The van der Waals surface area contributed by atoms with Crippen molar-refractivity contribution in [2.75, 3.05) is 6.54 Å². The van der Waals surface area contributed by atoms with Crippen molar-refractivity contribution >= 4 is 22.7 Å². The molecule has 0 spiro atoms. The molecule has 2 nitrogen and oxygen atoms in total. The maximum Gasteiger partial charge on any atom is 0.103 e. The molecule has 2 aromatic rings. The summed E-state index contributed by atoms with van der Waals surface area (Å²) in [6.07, 6.45) is 0. The summed E-state index contributed by atoms with van der Waals surface area (Å²) >= 11 is 3.51. The highest BCUT2D eigenvalue weighted by atomic mass is 32.1. The van der Waals surface area contributed by atoms with Crippen LogP contribution in [-0.2, 0) is 0 Å². The van der Waals surface area contributed by atoms with Crippen molar-refractivity contribution in [2.45, 2.75) is 19.8 Å². The number of hydrogen-bond acceptors (Lipinski definition) is 4. The molecule has 2 rings (SSSR count). The van der Waals surface area contributed by atoms with Gasteiger partial charge in [-0.25, -0.2) is 4.98 Å². The topological polar surface area (TPSA) is 38.9 Å². The summed E-state index contributed by atoms with van der Waals surface area (Å²) in [5.41, 5.74) is 6.96. The average molecular weight is 238 g/mol. The third-order valence-electron chi connectivity index (χ3n) is 2.47. The molecule has 4 heteroatoms. The van der Waals surface area contributed by atoms with Gasteiger partial charge >= 0.3 is 0 Å². The van der Waals surface area contributed by atoms with Crippen molar-refractivity contribution in [3.8, 4) is 0 Å². The van der Waals surface area contributed by atoms with Gasteiger partial charge in [0.25, 0.3) is 0 Å². The zero-order valence-corrected chi connectivity index (χ0v) is 10.5. The van der Waals surface area contributed by atoms with Crippen LogP contribution in [0.5, 0.6) is 0 Å². The van der Waals surface area contributed by atoms with E-state index in [2.05, 4.69) is 36.3 Å². The summed E-state index contributed by atoms with van der Waals surface area (Å²) in [4.78, 5) is 7.19. The van der Waals surface area contributed by atoms with E-state index in [1.54, 1.807) is 22.7 Å². The fourth-order valence-corrected chi connectivity index (χ4v) is 3.45. The van der Waals surface area contributed by atoms with Gasteiger partial charge in [-0.15, -0.1) is 22.7 Å². The second-order valence-corrected chi connectivity index (χ2v) is 5.71. The molecule has 0 aliphatic carbocycles. The predicted molar refractivity (Wildman–Crippen MR) is 66.8 cm³/mol. The maximum atomic E-state index is 5.83. The van der Waals surface area contributed by atoms with Crippen molar-refractivity contribution in [1.82, 2.24) is 4.98 Å². The first-order chi connectivity index (χ1) is 7.22. The number of thiazole rings is 1. The van der Waals surface area contributed by atoms with Gasteiger partial charge < -0.3 is 5.73 Å². The number of hydrogen-bond donors (Lipinski definition) is 1. The van der Waals surface area contributed by atoms with Crippen LogP contribution >= 0.6 is 22.7 Å². The maximum absolute atomic E-state index is 5.83. The van der Waals surface area contributed by atoms with Crippen molar-refractivity contribution in [3.05, 3.63) is 38.0 Å². The number of nitrogens with two attached hydrogens (primary N) is 1. The van der Waals surface area contributed by atoms with Crippen molar-refractivity contribution in [1.29, 1.82) is 0 Å². The van der Waals surface area contributed by atoms with E-state index < -0.39 is 0 Å². The fraction of sp³-hybridized carbons (Fsp3) is 0.364. The van der Waals surface area contributed by atoms with Crippen LogP contribution in [0.2, 0.25) is 0 Å². The van der Waals surface area contributed by atoms with Crippen molar-refractivity contribution < 1.29 is 0 Å². The number of nitrogens with zero attached hydrogens (tertiary/aromatic N) is 1. The molecule has 2 heterocycles. The van der Waals surface area contributed by atoms with Gasteiger partial charge in [-0.05, 0) is 25.3 Å². The Morgan fingerprint density at radius 2 is 2.27 bits per heavy atom. The molecule has 0 saturated carbocycles. The van der Waals surface area contributed by atoms with E-state index in [9.17, 15) is 0 Å². The lowest BCUT2D eigenvalue weighted by atomic mass is 10.1. The normalized spacial score (nSPS) is 13.0. The standard InChI is InChI=1S/C11H14N2S2/c1-7-8(2)15-11(13-7)9(6-12)10-4-3-5-14-10/h3-5,9H,6,12H2,1-2H3. The summed E-state index contributed by atoms with van der Waals surface area (Å²) in [6.45, 7) is 4.79. The molecule has 15 heavy (non-hydrogen) atoms. The molecular weight excluding hydrogens is 224 g/mol. The van der Waals surface area contributed by atoms with E-state index in [1.807, 2.05) is 0 Å². The molecule has 2 aromatic heterocycles. The molecule has 80 valence electrons. The molecule has 2 N–H and O–H groups in total. The van der Waals surface area contributed by atoms with Gasteiger partial charge in [-0.1, -0.05) is 6.07 Å². The van der Waals surface area contributed by atoms with Gasteiger partial charge in [-0.3, -0.25) is 0 Å². The molecule has 0 amide bonds. The first-order valence-electron chi connectivity index (χ1n) is 4.89. The summed E-state index contributed by atoms with van der Waals surface area (Å²) in [5.74, 6) is 0.280. The number of aromatic nitrogens is 1. The van der Waals surface area contributed by atoms with E-state index in [0.29, 0.717) is 6.54 Å². The highest BCUT2D eigenvalue weighted by molar-refractivity contribution is 7.12. The smallest absolute Gasteiger partial charge is 0.103 e. The van der Waals surface area contributed by atoms with Crippen molar-refractivity contribution in [2.24, 2.45) is 5.73 Å². The summed E-state index contributed by atoms with van der Waals surface area (Å²) in [5, 5.41) is 3.24. The zero-order valence-electron chi connectivity index (χ0n) is 8.86. The summed E-state index contributed by atoms with van der Waals surface area (Å²) in [6, 6.07) is 4.20. The highest BCUT2D eigenvalue weighted by Crippen LogP contribution is 2.31. The largest absolute Gasteiger partial charge is 0.329 e. The van der Waals surface area contributed by atoms with Crippen LogP contribution < -0.4 is 5.73 Å². The van der Waals surface area contributed by atoms with Crippen LogP contribution in [0.4, 0.5) is 0 Å². The predicted octanol–water partition coefficient (Wildman–Crippen LogP) is 2.91. The first kappa shape index (κ1) is 10.8. The lowest BCUT2D eigenvalue weighted by Gasteiger charge is -2.08. The second kappa shape index (κ2) is 4.43. The quantitative estimate of drug-likeness (QED) is 0.893. The van der Waals surface area contributed by atoms with Gasteiger partial charge in [-0.2, -0.15) is 0 Å². The van der Waals surface area contributed by atoms with E-state index >= 15 is 0 Å². The fourth-order valence-electron chi connectivity index (χ4n) is 1.47. The van der Waals surface area contributed by atoms with Crippen LogP contribution in [0.25, 0.3) is 0 Å². The molecule has 1 unspecified atom stereocenters. The van der Waals surface area contributed by atoms with Gasteiger partial charge in [0.2, 0.25) is 0 Å². The summed E-state index contributed by atoms with van der Waals surface area (Å²) in [7, 11) is 0. The molecule has 0 radical (unpaired) electrons. The molecule has 0 fully saturated rings. The van der Waals surface area contributed by atoms with E-state index in [0.717, 1.165) is 10.7 Å². The first-order valence-corrected chi connectivity index (χ1v) is 6.59. The van der Waals surface area contributed by atoms with Crippen LogP contribution in [0, 0.1) is 13.8 Å². The van der Waals surface area contributed by atoms with Crippen LogP contribution in [-0.4, -0.2) is 11.5 Å². The van der Waals surface area contributed by atoms with Crippen molar-refractivity contribution in [3.63, 3.8) is 0 Å². The minimum atomic E-state index is 0.280. The van der Waals surface area contributed by atoms with E-state index in [-0.39, 0.29) is 5.92 Å². The number of rotatable bonds is 3. The third kappa shape index (κ3) is 2.12. The Kier molecular flexibility index (Phi) is 3.19. The Bertz CT molecular complexity index is 412. The molecule has 0 saturated heterocycles. The Hall–Kier alpha value is -0.710. The Morgan fingerprint density at radius 1 is 1.47 bits per heavy atom. The molecule has 1 atom stereocenters. The second-order valence-electron chi connectivity index (χ2n) is 3.50. The van der Waals surface area contributed by atoms with Gasteiger partial charge in [0, 0.05) is 16.3 Å². The highest BCUT2D eigenvalue weighted by Gasteiger charge is 2.17. The lowest BCUT2D eigenvalue weighted by molar-refractivity contribution is 0.821. The van der Waals surface area contributed by atoms with Crippen LogP contribution in [0.15, 0.2) is 17.5 Å². The van der Waals surface area contributed by atoms with Gasteiger partial charge in [0.05, 0.1) is 11.6 Å². The molecule has 0 aromatic carbocycles. The zero-order chi connectivity index (χ0) is 10.8. The molecular formula is C11H14N2S2.